The number of alkyl halides is 5. The summed E-state index contributed by atoms with van der Waals surface area (Å²) in [6.07, 6.45) is -9.77. The molecule has 0 radical (unpaired) electrons. The van der Waals surface area contributed by atoms with Crippen LogP contribution < -0.4 is 15.4 Å². The molecule has 0 spiro atoms. The second-order valence-electron chi connectivity index (χ2n) is 8.66. The number of carbonyl (C=O) groups excluding carboxylic acids is 1. The third-order valence-corrected chi connectivity index (χ3v) is 6.16. The Morgan fingerprint density at radius 1 is 1.11 bits per heavy atom. The fourth-order valence-corrected chi connectivity index (χ4v) is 3.94. The number of nitrogens with zero attached hydrogens (tertiary/aromatic N) is 2. The van der Waals surface area contributed by atoms with Crippen LogP contribution in [0, 0.1) is 5.82 Å². The van der Waals surface area contributed by atoms with E-state index in [0.717, 1.165) is 6.07 Å². The zero-order valence-corrected chi connectivity index (χ0v) is 19.7. The molecular formula is C23H24F6N4O4. The molecule has 0 bridgehead atoms. The maximum atomic E-state index is 15.5. The number of anilines is 1. The topological polar surface area (TPSA) is 94.6 Å². The quantitative estimate of drug-likeness (QED) is 0.427. The number of rotatable bonds is 10. The van der Waals surface area contributed by atoms with Crippen molar-refractivity contribution in [3.05, 3.63) is 46.4 Å². The van der Waals surface area contributed by atoms with Crippen molar-refractivity contribution >= 4 is 11.7 Å². The molecule has 1 aliphatic heterocycles. The fourth-order valence-electron chi connectivity index (χ4n) is 3.94. The summed E-state index contributed by atoms with van der Waals surface area (Å²) in [5.41, 5.74) is -3.50. The van der Waals surface area contributed by atoms with Crippen LogP contribution in [0.1, 0.15) is 67.1 Å². The molecule has 1 unspecified atom stereocenters. The second-order valence-corrected chi connectivity index (χ2v) is 8.66. The second kappa shape index (κ2) is 10.7. The molecule has 14 heteroatoms. The van der Waals surface area contributed by atoms with Crippen LogP contribution in [0.25, 0.3) is 0 Å². The molecule has 202 valence electrons. The van der Waals surface area contributed by atoms with Crippen molar-refractivity contribution < 1.29 is 45.3 Å². The van der Waals surface area contributed by atoms with Crippen molar-refractivity contribution in [2.45, 2.75) is 56.7 Å². The average molecular weight is 534 g/mol. The molecular weight excluding hydrogens is 510 g/mol. The largest absolute Gasteiger partial charge is 0.467 e. The van der Waals surface area contributed by atoms with Crippen molar-refractivity contribution in [2.75, 3.05) is 25.6 Å². The van der Waals surface area contributed by atoms with Gasteiger partial charge in [0.1, 0.15) is 22.9 Å². The minimum Gasteiger partial charge on any atom is -0.467 e. The van der Waals surface area contributed by atoms with Crippen LogP contribution in [0.2, 0.25) is 0 Å². The monoisotopic (exact) mass is 534 g/mol. The SMILES string of the molecule is COc1nc(N[C@H](C)c2cccc(C(F)F)c2F)c(C2OCCO2)c(C(F)C(=O)NC2(C(F)F)CC2)n1. The lowest BCUT2D eigenvalue weighted by atomic mass is 10.0. The van der Waals surface area contributed by atoms with Gasteiger partial charge in [0.05, 0.1) is 37.5 Å². The zero-order chi connectivity index (χ0) is 26.9. The first kappa shape index (κ1) is 26.9. The molecule has 4 rings (SSSR count). The molecule has 2 N–H and O–H groups in total. The lowest BCUT2D eigenvalue weighted by Crippen LogP contribution is -2.44. The first-order valence-corrected chi connectivity index (χ1v) is 11.3. The molecule has 37 heavy (non-hydrogen) atoms. The van der Waals surface area contributed by atoms with E-state index < -0.39 is 65.9 Å². The fraction of sp³-hybridized carbons (Fsp3) is 0.522. The summed E-state index contributed by atoms with van der Waals surface area (Å²) in [6.45, 7) is 1.66. The molecule has 1 saturated carbocycles. The first-order chi connectivity index (χ1) is 17.6. The van der Waals surface area contributed by atoms with Crippen molar-refractivity contribution in [1.82, 2.24) is 15.3 Å². The van der Waals surface area contributed by atoms with Gasteiger partial charge >= 0.3 is 6.01 Å². The summed E-state index contributed by atoms with van der Waals surface area (Å²) in [7, 11) is 1.17. The summed E-state index contributed by atoms with van der Waals surface area (Å²) >= 11 is 0. The number of nitrogens with one attached hydrogen (secondary N) is 2. The number of amides is 1. The van der Waals surface area contributed by atoms with Gasteiger partial charge in [0.15, 0.2) is 6.29 Å². The van der Waals surface area contributed by atoms with E-state index in [-0.39, 0.29) is 43.0 Å². The van der Waals surface area contributed by atoms with Gasteiger partial charge in [-0.05, 0) is 19.8 Å². The van der Waals surface area contributed by atoms with Gasteiger partial charge in [-0.15, -0.1) is 0 Å². The van der Waals surface area contributed by atoms with E-state index in [1.807, 2.05) is 5.32 Å². The number of ether oxygens (including phenoxy) is 3. The van der Waals surface area contributed by atoms with E-state index in [4.69, 9.17) is 14.2 Å². The minimum atomic E-state index is -3.05. The summed E-state index contributed by atoms with van der Waals surface area (Å²) in [6, 6.07) is 2.09. The van der Waals surface area contributed by atoms with E-state index in [1.165, 1.54) is 26.2 Å². The van der Waals surface area contributed by atoms with Crippen molar-refractivity contribution in [1.29, 1.82) is 0 Å². The van der Waals surface area contributed by atoms with Gasteiger partial charge in [-0.25, -0.2) is 26.3 Å². The van der Waals surface area contributed by atoms with Crippen LogP contribution in [0.5, 0.6) is 6.01 Å². The van der Waals surface area contributed by atoms with Gasteiger partial charge in [0.2, 0.25) is 6.17 Å². The summed E-state index contributed by atoms with van der Waals surface area (Å²) in [5, 5.41) is 4.85. The van der Waals surface area contributed by atoms with Crippen LogP contribution in [0.15, 0.2) is 18.2 Å². The Morgan fingerprint density at radius 2 is 1.76 bits per heavy atom. The van der Waals surface area contributed by atoms with Gasteiger partial charge in [-0.1, -0.05) is 18.2 Å². The Morgan fingerprint density at radius 3 is 2.32 bits per heavy atom. The maximum absolute atomic E-state index is 15.5. The normalized spacial score (nSPS) is 18.6. The molecule has 2 atom stereocenters. The lowest BCUT2D eigenvalue weighted by molar-refractivity contribution is -0.129. The highest BCUT2D eigenvalue weighted by Gasteiger charge is 2.53. The van der Waals surface area contributed by atoms with Crippen molar-refractivity contribution in [2.24, 2.45) is 0 Å². The number of aromatic nitrogens is 2. The van der Waals surface area contributed by atoms with Crippen LogP contribution in [0.4, 0.5) is 32.2 Å². The molecule has 1 aromatic heterocycles. The molecule has 1 saturated heterocycles. The molecule has 2 aliphatic rings. The summed E-state index contributed by atoms with van der Waals surface area (Å²) in [5.74, 6) is -2.68. The highest BCUT2D eigenvalue weighted by atomic mass is 19.3. The summed E-state index contributed by atoms with van der Waals surface area (Å²) < 4.78 is 99.3. The Labute approximate surface area is 207 Å². The predicted molar refractivity (Wildman–Crippen MR) is 117 cm³/mol. The third kappa shape index (κ3) is 5.44. The van der Waals surface area contributed by atoms with Gasteiger partial charge in [-0.3, -0.25) is 4.79 Å². The van der Waals surface area contributed by atoms with Crippen LogP contribution in [0.3, 0.4) is 0 Å². The number of hydrogen-bond acceptors (Lipinski definition) is 7. The molecule has 2 heterocycles. The van der Waals surface area contributed by atoms with E-state index in [1.54, 1.807) is 0 Å². The van der Waals surface area contributed by atoms with Crippen molar-refractivity contribution in [3.8, 4) is 6.01 Å². The zero-order valence-electron chi connectivity index (χ0n) is 19.7. The first-order valence-electron chi connectivity index (χ1n) is 11.3. The van der Waals surface area contributed by atoms with Crippen LogP contribution in [-0.4, -0.2) is 48.2 Å². The van der Waals surface area contributed by atoms with E-state index >= 15 is 4.39 Å². The highest BCUT2D eigenvalue weighted by Crippen LogP contribution is 2.43. The smallest absolute Gasteiger partial charge is 0.318 e. The lowest BCUT2D eigenvalue weighted by Gasteiger charge is -2.24. The number of methoxy groups -OCH3 is 1. The number of carbonyl (C=O) groups is 1. The Balaban J connectivity index is 1.73. The van der Waals surface area contributed by atoms with E-state index in [2.05, 4.69) is 15.3 Å². The van der Waals surface area contributed by atoms with Crippen LogP contribution in [-0.2, 0) is 14.3 Å². The van der Waals surface area contributed by atoms with Crippen molar-refractivity contribution in [3.63, 3.8) is 0 Å². The maximum Gasteiger partial charge on any atom is 0.318 e. The molecule has 2 aromatic rings. The molecule has 2 fully saturated rings. The Kier molecular flexibility index (Phi) is 7.78. The van der Waals surface area contributed by atoms with Gasteiger partial charge in [0, 0.05) is 5.56 Å². The van der Waals surface area contributed by atoms with Gasteiger partial charge < -0.3 is 24.8 Å². The average Bonchev–Trinajstić information content (AvgIpc) is 3.45. The van der Waals surface area contributed by atoms with Crippen LogP contribution >= 0.6 is 0 Å². The Bertz CT molecular complexity index is 1140. The van der Waals surface area contributed by atoms with E-state index in [0.29, 0.717) is 0 Å². The predicted octanol–water partition coefficient (Wildman–Crippen LogP) is 4.70. The molecule has 8 nitrogen and oxygen atoms in total. The molecule has 1 aliphatic carbocycles. The van der Waals surface area contributed by atoms with E-state index in [9.17, 15) is 26.7 Å². The standard InChI is InChI=1S/C23H24F6N4O4/c1-10(11-4-3-5-12(14(11)24)17(26)27)30-18-13(20-36-8-9-37-20)16(31-22(32-18)35-2)15(25)19(34)33-23(6-7-23)21(28)29/h3-5,10,15,17,20-21H,6-9H2,1-2H3,(H,33,34)(H,30,31,32)/t10-,15?/m1/s1. The highest BCUT2D eigenvalue weighted by molar-refractivity contribution is 5.83. The third-order valence-electron chi connectivity index (χ3n) is 6.16. The summed E-state index contributed by atoms with van der Waals surface area (Å²) in [4.78, 5) is 20.7. The number of benzene rings is 1. The molecule has 1 amide bonds. The van der Waals surface area contributed by atoms with Gasteiger partial charge in [-0.2, -0.15) is 9.97 Å². The minimum absolute atomic E-state index is 0.00844. The van der Waals surface area contributed by atoms with Gasteiger partial charge in [0.25, 0.3) is 18.8 Å². The number of halogens is 6. The number of hydrogen-bond donors (Lipinski definition) is 2. The molecule has 1 aromatic carbocycles. The Hall–Kier alpha value is -3.13.